The summed E-state index contributed by atoms with van der Waals surface area (Å²) in [4.78, 5) is 4.53. The first-order valence-electron chi connectivity index (χ1n) is 6.07. The van der Waals surface area contributed by atoms with E-state index in [1.807, 2.05) is 0 Å². The summed E-state index contributed by atoms with van der Waals surface area (Å²) in [5.74, 6) is 2.17. The van der Waals surface area contributed by atoms with Crippen molar-refractivity contribution in [1.29, 1.82) is 0 Å². The van der Waals surface area contributed by atoms with Crippen LogP contribution in [-0.4, -0.2) is 41.0 Å². The second kappa shape index (κ2) is 5.41. The number of nitrogens with zero attached hydrogens (tertiary/aromatic N) is 2. The van der Waals surface area contributed by atoms with Gasteiger partial charge in [0.05, 0.1) is 19.1 Å². The summed E-state index contributed by atoms with van der Waals surface area (Å²) < 4.78 is 5.49. The summed E-state index contributed by atoms with van der Waals surface area (Å²) >= 11 is 0. The van der Waals surface area contributed by atoms with Gasteiger partial charge in [0.1, 0.15) is 5.82 Å². The summed E-state index contributed by atoms with van der Waals surface area (Å²) in [6.45, 7) is 6.69. The van der Waals surface area contributed by atoms with Gasteiger partial charge in [-0.15, -0.1) is 0 Å². The molecule has 16 heavy (non-hydrogen) atoms. The van der Waals surface area contributed by atoms with Crippen molar-refractivity contribution in [1.82, 2.24) is 20.5 Å². The Morgan fingerprint density at radius 3 is 3.06 bits per heavy atom. The Kier molecular flexibility index (Phi) is 3.90. The number of hydrogen-bond donors (Lipinski definition) is 2. The summed E-state index contributed by atoms with van der Waals surface area (Å²) in [7, 11) is 0. The first-order chi connectivity index (χ1) is 7.85. The maximum Gasteiger partial charge on any atom is 0.157 e. The lowest BCUT2D eigenvalue weighted by atomic mass is 10.0. The maximum absolute atomic E-state index is 5.49. The lowest BCUT2D eigenvalue weighted by molar-refractivity contribution is 0.187. The van der Waals surface area contributed by atoms with Crippen LogP contribution in [0.15, 0.2) is 0 Å². The van der Waals surface area contributed by atoms with Gasteiger partial charge in [-0.25, -0.2) is 4.98 Å². The molecule has 90 valence electrons. The average molecular weight is 224 g/mol. The number of aromatic amines is 1. The molecule has 0 aliphatic carbocycles. The van der Waals surface area contributed by atoms with Crippen molar-refractivity contribution in [3.05, 3.63) is 11.6 Å². The van der Waals surface area contributed by atoms with Crippen LogP contribution in [0.2, 0.25) is 0 Å². The minimum Gasteiger partial charge on any atom is -0.379 e. The molecule has 2 N–H and O–H groups in total. The fourth-order valence-corrected chi connectivity index (χ4v) is 2.10. The number of hydrogen-bond acceptors (Lipinski definition) is 4. The summed E-state index contributed by atoms with van der Waals surface area (Å²) in [6, 6.07) is 0.357. The van der Waals surface area contributed by atoms with E-state index in [9.17, 15) is 0 Å². The van der Waals surface area contributed by atoms with E-state index in [0.717, 1.165) is 44.2 Å². The van der Waals surface area contributed by atoms with Crippen LogP contribution in [0.4, 0.5) is 0 Å². The molecule has 2 rings (SSSR count). The van der Waals surface area contributed by atoms with Gasteiger partial charge in [-0.3, -0.25) is 5.10 Å². The SMILES string of the molecule is CCCc1nc(C2COCC2NCC)n[nH]1. The minimum absolute atomic E-state index is 0.293. The Morgan fingerprint density at radius 1 is 1.44 bits per heavy atom. The highest BCUT2D eigenvalue weighted by molar-refractivity contribution is 5.05. The van der Waals surface area contributed by atoms with Crippen LogP contribution in [-0.2, 0) is 11.2 Å². The normalized spacial score (nSPS) is 25.1. The Labute approximate surface area is 96.0 Å². The minimum atomic E-state index is 0.293. The van der Waals surface area contributed by atoms with E-state index < -0.39 is 0 Å². The molecule has 0 bridgehead atoms. The van der Waals surface area contributed by atoms with E-state index in [1.54, 1.807) is 0 Å². The third kappa shape index (κ3) is 2.41. The monoisotopic (exact) mass is 224 g/mol. The first kappa shape index (κ1) is 11.5. The third-order valence-corrected chi connectivity index (χ3v) is 2.91. The molecule has 2 heterocycles. The Bertz CT molecular complexity index is 326. The molecule has 1 aromatic rings. The lowest BCUT2D eigenvalue weighted by Gasteiger charge is -2.14. The van der Waals surface area contributed by atoms with Gasteiger partial charge in [-0.05, 0) is 13.0 Å². The van der Waals surface area contributed by atoms with Gasteiger partial charge in [0.15, 0.2) is 5.82 Å². The maximum atomic E-state index is 5.49. The van der Waals surface area contributed by atoms with Crippen molar-refractivity contribution < 1.29 is 4.74 Å². The second-order valence-corrected chi connectivity index (χ2v) is 4.20. The molecular weight excluding hydrogens is 204 g/mol. The molecule has 0 saturated carbocycles. The highest BCUT2D eigenvalue weighted by atomic mass is 16.5. The smallest absolute Gasteiger partial charge is 0.157 e. The van der Waals surface area contributed by atoms with Crippen molar-refractivity contribution in [2.45, 2.75) is 38.6 Å². The van der Waals surface area contributed by atoms with E-state index in [2.05, 4.69) is 34.3 Å². The van der Waals surface area contributed by atoms with Crippen LogP contribution in [0.5, 0.6) is 0 Å². The topological polar surface area (TPSA) is 62.8 Å². The van der Waals surface area contributed by atoms with Crippen LogP contribution in [0.25, 0.3) is 0 Å². The van der Waals surface area contributed by atoms with Gasteiger partial charge >= 0.3 is 0 Å². The van der Waals surface area contributed by atoms with Crippen LogP contribution in [0.3, 0.4) is 0 Å². The number of aryl methyl sites for hydroxylation is 1. The van der Waals surface area contributed by atoms with Crippen LogP contribution >= 0.6 is 0 Å². The van der Waals surface area contributed by atoms with Gasteiger partial charge < -0.3 is 10.1 Å². The standard InChI is InChI=1S/C11H20N4O/c1-3-5-10-13-11(15-14-10)8-6-16-7-9(8)12-4-2/h8-9,12H,3-7H2,1-2H3,(H,13,14,15). The number of H-pyrrole nitrogens is 1. The summed E-state index contributed by atoms with van der Waals surface area (Å²) in [5.41, 5.74) is 0. The van der Waals surface area contributed by atoms with Crippen LogP contribution in [0.1, 0.15) is 37.8 Å². The largest absolute Gasteiger partial charge is 0.379 e. The van der Waals surface area contributed by atoms with Crippen molar-refractivity contribution in [3.63, 3.8) is 0 Å². The lowest BCUT2D eigenvalue weighted by Crippen LogP contribution is -2.34. The first-order valence-corrected chi connectivity index (χ1v) is 6.07. The van der Waals surface area contributed by atoms with E-state index in [4.69, 9.17) is 4.74 Å². The van der Waals surface area contributed by atoms with Crippen molar-refractivity contribution in [3.8, 4) is 0 Å². The van der Waals surface area contributed by atoms with E-state index in [0.29, 0.717) is 12.0 Å². The predicted octanol–water partition coefficient (Wildman–Crippen LogP) is 0.849. The van der Waals surface area contributed by atoms with Crippen LogP contribution < -0.4 is 5.32 Å². The van der Waals surface area contributed by atoms with E-state index >= 15 is 0 Å². The fraction of sp³-hybridized carbons (Fsp3) is 0.818. The molecule has 0 radical (unpaired) electrons. The summed E-state index contributed by atoms with van der Waals surface area (Å²) in [6.07, 6.45) is 2.05. The second-order valence-electron chi connectivity index (χ2n) is 4.20. The Morgan fingerprint density at radius 2 is 2.31 bits per heavy atom. The Balaban J connectivity index is 2.04. The number of likely N-dealkylation sites (N-methyl/N-ethyl adjacent to an activating group) is 1. The molecule has 0 amide bonds. The quantitative estimate of drug-likeness (QED) is 0.778. The third-order valence-electron chi connectivity index (χ3n) is 2.91. The molecule has 0 spiro atoms. The zero-order chi connectivity index (χ0) is 11.4. The molecule has 5 nitrogen and oxygen atoms in total. The molecule has 1 aromatic heterocycles. The molecule has 1 aliphatic rings. The van der Waals surface area contributed by atoms with E-state index in [-0.39, 0.29) is 0 Å². The van der Waals surface area contributed by atoms with Gasteiger partial charge in [0.2, 0.25) is 0 Å². The van der Waals surface area contributed by atoms with Crippen molar-refractivity contribution in [2.75, 3.05) is 19.8 Å². The van der Waals surface area contributed by atoms with Crippen molar-refractivity contribution in [2.24, 2.45) is 0 Å². The zero-order valence-electron chi connectivity index (χ0n) is 9.99. The van der Waals surface area contributed by atoms with Crippen LogP contribution in [0, 0.1) is 0 Å². The number of aromatic nitrogens is 3. The highest BCUT2D eigenvalue weighted by Crippen LogP contribution is 2.22. The molecule has 2 unspecified atom stereocenters. The van der Waals surface area contributed by atoms with Gasteiger partial charge in [0.25, 0.3) is 0 Å². The zero-order valence-corrected chi connectivity index (χ0v) is 9.99. The molecule has 5 heteroatoms. The van der Waals surface area contributed by atoms with Crippen molar-refractivity contribution >= 4 is 0 Å². The van der Waals surface area contributed by atoms with Gasteiger partial charge in [-0.2, -0.15) is 5.10 Å². The van der Waals surface area contributed by atoms with E-state index in [1.165, 1.54) is 0 Å². The average Bonchev–Trinajstić information content (AvgIpc) is 2.87. The molecule has 1 saturated heterocycles. The molecule has 1 aliphatic heterocycles. The molecule has 0 aromatic carbocycles. The molecule has 1 fully saturated rings. The summed E-state index contributed by atoms with van der Waals surface area (Å²) in [5, 5.41) is 10.7. The van der Waals surface area contributed by atoms with Gasteiger partial charge in [0, 0.05) is 12.5 Å². The van der Waals surface area contributed by atoms with Gasteiger partial charge in [-0.1, -0.05) is 13.8 Å². The fourth-order valence-electron chi connectivity index (χ4n) is 2.10. The predicted molar refractivity (Wildman–Crippen MR) is 61.4 cm³/mol. The number of ether oxygens (including phenoxy) is 1. The Hall–Kier alpha value is -0.940. The number of nitrogens with one attached hydrogen (secondary N) is 2. The molecule has 2 atom stereocenters. The molecular formula is C11H20N4O. The number of rotatable bonds is 5. The highest BCUT2D eigenvalue weighted by Gasteiger charge is 2.31.